The highest BCUT2D eigenvalue weighted by Gasteiger charge is 2.65. The van der Waals surface area contributed by atoms with Crippen LogP contribution in [0.1, 0.15) is 85.5 Å². The van der Waals surface area contributed by atoms with Crippen LogP contribution in [0.15, 0.2) is 0 Å². The van der Waals surface area contributed by atoms with Gasteiger partial charge in [-0.15, -0.1) is 0 Å². The van der Waals surface area contributed by atoms with Crippen molar-refractivity contribution in [3.05, 3.63) is 0 Å². The SMILES string of the molecule is CCOC(=O)CC[C@@H](C)[C@H]1CC[C@H]2[C@@H]3[C@H](O)C[C@H]4C[C@H](O)CC[C@]4(C)[C@H]3C[C@H](O)[C@]12C. The van der Waals surface area contributed by atoms with Crippen molar-refractivity contribution in [2.75, 3.05) is 6.61 Å². The molecule has 0 aromatic carbocycles. The molecule has 0 aliphatic heterocycles. The highest BCUT2D eigenvalue weighted by molar-refractivity contribution is 5.69. The fourth-order valence-electron chi connectivity index (χ4n) is 8.91. The second-order valence-corrected chi connectivity index (χ2v) is 11.8. The molecule has 11 atom stereocenters. The second kappa shape index (κ2) is 8.61. The maximum atomic E-state index is 11.9. The number of carbonyl (C=O) groups excluding carboxylic acids is 1. The van der Waals surface area contributed by atoms with Gasteiger partial charge in [-0.05, 0) is 105 Å². The fraction of sp³-hybridized carbons (Fsp3) is 0.962. The summed E-state index contributed by atoms with van der Waals surface area (Å²) >= 11 is 0. The summed E-state index contributed by atoms with van der Waals surface area (Å²) in [4.78, 5) is 11.9. The summed E-state index contributed by atoms with van der Waals surface area (Å²) in [6, 6.07) is 0. The Morgan fingerprint density at radius 1 is 1.06 bits per heavy atom. The highest BCUT2D eigenvalue weighted by Crippen LogP contribution is 2.68. The van der Waals surface area contributed by atoms with Crippen LogP contribution in [-0.2, 0) is 9.53 Å². The molecule has 0 amide bonds. The Morgan fingerprint density at radius 3 is 2.52 bits per heavy atom. The molecular formula is C26H44O5. The molecule has 3 N–H and O–H groups in total. The zero-order valence-electron chi connectivity index (χ0n) is 19.9. The van der Waals surface area contributed by atoms with Gasteiger partial charge in [-0.1, -0.05) is 20.8 Å². The number of hydrogen-bond donors (Lipinski definition) is 3. The maximum absolute atomic E-state index is 11.9. The van der Waals surface area contributed by atoms with Crippen LogP contribution >= 0.6 is 0 Å². The topological polar surface area (TPSA) is 87.0 Å². The standard InChI is InChI=1S/C26H44O5/c1-5-31-23(30)9-6-15(2)18-7-8-19-24-20(14-22(29)26(18,19)4)25(3)11-10-17(27)12-16(25)13-21(24)28/h15-22,24,27-29H,5-14H2,1-4H3/t15-,16-,17-,18-,19+,20+,21-,22+,24+,25+,26-/m1/s1. The lowest BCUT2D eigenvalue weighted by Gasteiger charge is -2.63. The molecule has 5 heteroatoms. The van der Waals surface area contributed by atoms with Gasteiger partial charge in [0.2, 0.25) is 0 Å². The van der Waals surface area contributed by atoms with Crippen LogP contribution in [0.3, 0.4) is 0 Å². The molecule has 0 aromatic rings. The van der Waals surface area contributed by atoms with E-state index in [0.29, 0.717) is 42.6 Å². The molecule has 4 saturated carbocycles. The van der Waals surface area contributed by atoms with Gasteiger partial charge in [-0.2, -0.15) is 0 Å². The van der Waals surface area contributed by atoms with E-state index in [9.17, 15) is 20.1 Å². The van der Waals surface area contributed by atoms with Gasteiger partial charge in [0, 0.05) is 6.42 Å². The van der Waals surface area contributed by atoms with Crippen LogP contribution in [0, 0.1) is 46.3 Å². The zero-order chi connectivity index (χ0) is 22.6. The first-order valence-electron chi connectivity index (χ1n) is 12.8. The molecule has 4 rings (SSSR count). The lowest BCUT2D eigenvalue weighted by Crippen LogP contribution is -2.62. The van der Waals surface area contributed by atoms with Crippen LogP contribution in [0.25, 0.3) is 0 Å². The monoisotopic (exact) mass is 436 g/mol. The van der Waals surface area contributed by atoms with Crippen LogP contribution < -0.4 is 0 Å². The van der Waals surface area contributed by atoms with E-state index in [1.165, 1.54) is 0 Å². The van der Waals surface area contributed by atoms with Gasteiger partial charge in [-0.25, -0.2) is 0 Å². The third kappa shape index (κ3) is 3.77. The van der Waals surface area contributed by atoms with Crippen LogP contribution in [0.4, 0.5) is 0 Å². The van der Waals surface area contributed by atoms with Crippen LogP contribution in [0.5, 0.6) is 0 Å². The summed E-state index contributed by atoms with van der Waals surface area (Å²) in [5.74, 6) is 1.84. The summed E-state index contributed by atoms with van der Waals surface area (Å²) in [7, 11) is 0. The largest absolute Gasteiger partial charge is 0.466 e. The number of aliphatic hydroxyl groups is 3. The highest BCUT2D eigenvalue weighted by atomic mass is 16.5. The number of esters is 1. The summed E-state index contributed by atoms with van der Waals surface area (Å²) in [5, 5.41) is 33.1. The molecule has 5 nitrogen and oxygen atoms in total. The van der Waals surface area contributed by atoms with Crippen molar-refractivity contribution in [1.29, 1.82) is 0 Å². The van der Waals surface area contributed by atoms with Crippen molar-refractivity contribution in [2.45, 2.75) is 104 Å². The van der Waals surface area contributed by atoms with E-state index in [0.717, 1.165) is 51.4 Å². The minimum atomic E-state index is -0.370. The third-order valence-corrected chi connectivity index (χ3v) is 10.6. The van der Waals surface area contributed by atoms with Gasteiger partial charge in [0.15, 0.2) is 0 Å². The summed E-state index contributed by atoms with van der Waals surface area (Å²) < 4.78 is 5.12. The number of ether oxygens (including phenoxy) is 1. The molecule has 4 fully saturated rings. The summed E-state index contributed by atoms with van der Waals surface area (Å²) in [5.41, 5.74) is -0.0906. The Bertz CT molecular complexity index is 666. The average molecular weight is 437 g/mol. The van der Waals surface area contributed by atoms with E-state index in [4.69, 9.17) is 4.74 Å². The van der Waals surface area contributed by atoms with E-state index in [1.54, 1.807) is 0 Å². The number of hydrogen-bond acceptors (Lipinski definition) is 5. The van der Waals surface area contributed by atoms with E-state index < -0.39 is 0 Å². The summed E-state index contributed by atoms with van der Waals surface area (Å²) in [6.07, 6.45) is 6.62. The Hall–Kier alpha value is -0.650. The minimum absolute atomic E-state index is 0.110. The van der Waals surface area contributed by atoms with Gasteiger partial charge in [0.25, 0.3) is 0 Å². The fourth-order valence-corrected chi connectivity index (χ4v) is 8.91. The molecule has 0 spiro atoms. The predicted molar refractivity (Wildman–Crippen MR) is 119 cm³/mol. The van der Waals surface area contributed by atoms with E-state index in [-0.39, 0.29) is 41.0 Å². The zero-order valence-corrected chi connectivity index (χ0v) is 19.9. The second-order valence-electron chi connectivity index (χ2n) is 11.8. The van der Waals surface area contributed by atoms with Crippen molar-refractivity contribution in [3.63, 3.8) is 0 Å². The van der Waals surface area contributed by atoms with Gasteiger partial charge < -0.3 is 20.1 Å². The molecule has 0 bridgehead atoms. The maximum Gasteiger partial charge on any atom is 0.305 e. The molecule has 0 unspecified atom stereocenters. The molecule has 0 radical (unpaired) electrons. The Labute approximate surface area is 187 Å². The van der Waals surface area contributed by atoms with Gasteiger partial charge in [0.05, 0.1) is 24.9 Å². The molecule has 0 aromatic heterocycles. The Kier molecular flexibility index (Phi) is 6.53. The molecule has 0 saturated heterocycles. The molecule has 4 aliphatic rings. The van der Waals surface area contributed by atoms with Crippen LogP contribution in [0.2, 0.25) is 0 Å². The van der Waals surface area contributed by atoms with Gasteiger partial charge in [0.1, 0.15) is 0 Å². The average Bonchev–Trinajstić information content (AvgIpc) is 3.07. The van der Waals surface area contributed by atoms with Crippen molar-refractivity contribution >= 4 is 5.97 Å². The van der Waals surface area contributed by atoms with Crippen molar-refractivity contribution < 1.29 is 24.9 Å². The molecule has 178 valence electrons. The lowest BCUT2D eigenvalue weighted by atomic mass is 9.43. The number of rotatable bonds is 5. The van der Waals surface area contributed by atoms with Crippen molar-refractivity contribution in [2.24, 2.45) is 46.3 Å². The normalized spacial score (nSPS) is 50.2. The number of aliphatic hydroxyl groups excluding tert-OH is 3. The first-order valence-corrected chi connectivity index (χ1v) is 12.8. The quantitative estimate of drug-likeness (QED) is 0.569. The van der Waals surface area contributed by atoms with E-state index in [1.807, 2.05) is 6.92 Å². The first kappa shape index (κ1) is 23.5. The van der Waals surface area contributed by atoms with Gasteiger partial charge in [-0.3, -0.25) is 4.79 Å². The third-order valence-electron chi connectivity index (χ3n) is 10.6. The predicted octanol–water partition coefficient (Wildman–Crippen LogP) is 3.93. The lowest BCUT2D eigenvalue weighted by molar-refractivity contribution is -0.207. The van der Waals surface area contributed by atoms with Crippen molar-refractivity contribution in [1.82, 2.24) is 0 Å². The molecule has 4 aliphatic carbocycles. The minimum Gasteiger partial charge on any atom is -0.466 e. The number of fused-ring (bicyclic) bond motifs is 5. The molecule has 31 heavy (non-hydrogen) atoms. The molecular weight excluding hydrogens is 392 g/mol. The van der Waals surface area contributed by atoms with E-state index >= 15 is 0 Å². The molecule has 0 heterocycles. The first-order chi connectivity index (χ1) is 14.6. The Balaban J connectivity index is 1.54. The smallest absolute Gasteiger partial charge is 0.305 e. The summed E-state index contributed by atoms with van der Waals surface area (Å²) in [6.45, 7) is 9.13. The van der Waals surface area contributed by atoms with Crippen molar-refractivity contribution in [3.8, 4) is 0 Å². The Morgan fingerprint density at radius 2 is 1.81 bits per heavy atom. The van der Waals surface area contributed by atoms with E-state index in [2.05, 4.69) is 20.8 Å². The number of carbonyl (C=O) groups is 1. The van der Waals surface area contributed by atoms with Crippen LogP contribution in [-0.4, -0.2) is 46.2 Å². The van der Waals surface area contributed by atoms with Gasteiger partial charge >= 0.3 is 5.97 Å².